The predicted molar refractivity (Wildman–Crippen MR) is 457 cm³/mol. The van der Waals surface area contributed by atoms with Crippen molar-refractivity contribution in [3.8, 4) is 47.3 Å². The first-order chi connectivity index (χ1) is 62.0. The van der Waals surface area contributed by atoms with Crippen LogP contribution >= 0.6 is 0 Å². The van der Waals surface area contributed by atoms with Gasteiger partial charge in [-0.1, -0.05) is 0 Å². The summed E-state index contributed by atoms with van der Waals surface area (Å²) in [4.78, 5) is 129. The van der Waals surface area contributed by atoms with Crippen molar-refractivity contribution in [2.24, 2.45) is 0 Å². The van der Waals surface area contributed by atoms with Gasteiger partial charge in [0.05, 0.1) is 161 Å². The van der Waals surface area contributed by atoms with Crippen molar-refractivity contribution < 1.29 is 77.5 Å². The summed E-state index contributed by atoms with van der Waals surface area (Å²) in [5.41, 5.74) is 2.16. The second kappa shape index (κ2) is 51.5. The van der Waals surface area contributed by atoms with E-state index in [9.17, 15) is 58.8 Å². The van der Waals surface area contributed by atoms with Gasteiger partial charge in [0.1, 0.15) is 108 Å². The smallest absolute Gasteiger partial charge is 0.270 e. The van der Waals surface area contributed by atoms with Crippen LogP contribution in [0.5, 0.6) is 23.0 Å². The van der Waals surface area contributed by atoms with Gasteiger partial charge in [0.15, 0.2) is 0 Å². The molecule has 8 aromatic heterocycles. The second-order valence-corrected chi connectivity index (χ2v) is 29.3. The number of nitrogens with zero attached hydrogens (tertiary/aromatic N) is 20. The zero-order chi connectivity index (χ0) is 91.7. The molecule has 8 aromatic rings. The third-order valence-electron chi connectivity index (χ3n) is 20.7. The van der Waals surface area contributed by atoms with Crippen LogP contribution in [0.25, 0.3) is 0 Å². The molecule has 0 saturated carbocycles. The van der Waals surface area contributed by atoms with E-state index in [0.29, 0.717) is 161 Å². The van der Waals surface area contributed by atoms with E-state index in [1.807, 2.05) is 48.5 Å². The first kappa shape index (κ1) is 97.8. The molecule has 0 aliphatic carbocycles. The number of ether oxygens (including phenoxy) is 8. The van der Waals surface area contributed by atoms with Gasteiger partial charge in [-0.3, -0.25) is 38.4 Å². The monoisotopic (exact) mass is 1770 g/mol. The van der Waals surface area contributed by atoms with Crippen LogP contribution < -0.4 is 60.8 Å². The van der Waals surface area contributed by atoms with Crippen molar-refractivity contribution >= 4 is 46.9 Å². The Bertz CT molecular complexity index is 4960. The summed E-state index contributed by atoms with van der Waals surface area (Å²) >= 11 is 0. The normalized spacial score (nSPS) is 14.7. The van der Waals surface area contributed by atoms with Crippen LogP contribution in [0.3, 0.4) is 0 Å². The summed E-state index contributed by atoms with van der Waals surface area (Å²) in [5.74, 6) is 4.30. The van der Waals surface area contributed by atoms with Crippen LogP contribution in [0.1, 0.15) is 70.2 Å². The van der Waals surface area contributed by atoms with Crippen molar-refractivity contribution in [2.45, 2.75) is 77.8 Å². The maximum Gasteiger partial charge on any atom is 0.270 e. The number of hydrogen-bond acceptors (Lipinski definition) is 36. The fourth-order valence-corrected chi connectivity index (χ4v) is 12.9. The third-order valence-corrected chi connectivity index (χ3v) is 20.7. The quantitative estimate of drug-likeness (QED) is 0.0226. The zero-order valence-corrected chi connectivity index (χ0v) is 71.4. The molecule has 0 bridgehead atoms. The van der Waals surface area contributed by atoms with Crippen LogP contribution in [0.2, 0.25) is 0 Å². The Balaban J connectivity index is 0.000000193. The number of amides is 4. The Morgan fingerprint density at radius 2 is 0.586 bits per heavy atom. The molecule has 4 fully saturated rings. The molecule has 0 unspecified atom stereocenters. The number of rotatable bonds is 36. The minimum Gasteiger partial charge on any atom is -0.489 e. The number of pyridine rings is 4. The van der Waals surface area contributed by atoms with E-state index in [2.05, 4.69) is 80.3 Å². The average Bonchev–Trinajstić information content (AvgIpc) is 0.846. The number of carbonyl (C=O) groups is 4. The van der Waals surface area contributed by atoms with Gasteiger partial charge < -0.3 is 97.5 Å². The van der Waals surface area contributed by atoms with Gasteiger partial charge in [-0.2, -0.15) is 41.4 Å². The van der Waals surface area contributed by atoms with Crippen molar-refractivity contribution in [1.29, 1.82) is 21.0 Å². The number of aliphatic hydroxyl groups is 4. The number of anilines is 4. The van der Waals surface area contributed by atoms with Gasteiger partial charge >= 0.3 is 0 Å². The molecule has 4 aliphatic rings. The van der Waals surface area contributed by atoms with E-state index in [0.717, 1.165) is 23.3 Å². The van der Waals surface area contributed by atoms with E-state index >= 15 is 0 Å². The van der Waals surface area contributed by atoms with Gasteiger partial charge in [-0.25, -0.2) is 40.3 Å². The SMILES string of the molecule is Cc1c(OC[C@@H](CO)OCCC(=O)N2CCN(c3ccc(C#N)cn3)CC2)cn[nH]c1=O.Cc1c(OC[C@H](CO)OCCC(=O)N2CCN(c3ccc(C#N)cn3)CC2)cn[nH]c1=O.Cc1c(O[C@@H](CO)COCCC(=O)N2CCN(c3ccc(C#N)cn3)CC2)cn[nH]c1=O.Cc1c(O[C@H](CO)COCCC(=O)N2CCN(c3ccc(C#N)cn3)CC2)cn[nH]c1=O. The second-order valence-electron chi connectivity index (χ2n) is 29.3. The molecule has 680 valence electrons. The molecule has 4 aliphatic heterocycles. The number of nitrogens with one attached hydrogen (secondary N) is 4. The number of aromatic nitrogens is 12. The number of nitriles is 4. The lowest BCUT2D eigenvalue weighted by molar-refractivity contribution is -0.134. The summed E-state index contributed by atoms with van der Waals surface area (Å²) in [6.45, 7) is 16.1. The highest BCUT2D eigenvalue weighted by molar-refractivity contribution is 5.78. The summed E-state index contributed by atoms with van der Waals surface area (Å²) in [5, 5.41) is 97.4. The molecular formula is C84H104N24O20. The van der Waals surface area contributed by atoms with Crippen LogP contribution in [-0.2, 0) is 38.1 Å². The summed E-state index contributed by atoms with van der Waals surface area (Å²) in [7, 11) is 0. The van der Waals surface area contributed by atoms with Crippen molar-refractivity contribution in [2.75, 3.05) is 204 Å². The maximum atomic E-state index is 12.5. The van der Waals surface area contributed by atoms with Crippen LogP contribution in [-0.4, -0.2) is 333 Å². The van der Waals surface area contributed by atoms with Gasteiger partial charge in [0.25, 0.3) is 22.2 Å². The lowest BCUT2D eigenvalue weighted by atomic mass is 10.2. The molecule has 8 N–H and O–H groups in total. The highest BCUT2D eigenvalue weighted by atomic mass is 16.6. The Kier molecular flexibility index (Phi) is 39.3. The predicted octanol–water partition coefficient (Wildman–Crippen LogP) is -0.639. The van der Waals surface area contributed by atoms with E-state index in [1.165, 1.54) is 24.8 Å². The topological polar surface area (TPSA) is 579 Å². The minimum absolute atomic E-state index is 0.00598. The molecule has 4 saturated heterocycles. The molecule has 0 radical (unpaired) electrons. The van der Waals surface area contributed by atoms with Crippen molar-refractivity contribution in [3.05, 3.63) is 184 Å². The maximum absolute atomic E-state index is 12.5. The lowest BCUT2D eigenvalue weighted by Crippen LogP contribution is -2.49. The zero-order valence-electron chi connectivity index (χ0n) is 71.4. The fourth-order valence-electron chi connectivity index (χ4n) is 12.9. The third kappa shape index (κ3) is 30.2. The number of aliphatic hydroxyl groups excluding tert-OH is 4. The Hall–Kier alpha value is -14.0. The number of hydrogen-bond donors (Lipinski definition) is 8. The highest BCUT2D eigenvalue weighted by Gasteiger charge is 2.28. The van der Waals surface area contributed by atoms with Crippen molar-refractivity contribution in [3.63, 3.8) is 0 Å². The number of carbonyl (C=O) groups excluding carboxylic acids is 4. The Labute approximate surface area is 735 Å². The average molecular weight is 1770 g/mol. The lowest BCUT2D eigenvalue weighted by Gasteiger charge is -2.35. The standard InChI is InChI=1S/4C21H26N6O5/c2*1-15-18(12-24-25-21(15)30)32-14-17(13-28)31-9-4-20(29)27-7-5-26(6-8-27)19-3-2-16(10-22)11-23-19;2*1-15-18(12-24-25-21(15)30)32-17(13-28)14-31-9-4-20(29)27-7-5-26(6-8-27)19-3-2-16(10-22)11-23-19/h4*2-3,11-12,17,28H,4-9,13-14H2,1H3,(H,25,30)/t4*17-/m1010/s1. The van der Waals surface area contributed by atoms with Crippen LogP contribution in [0.15, 0.2) is 117 Å². The van der Waals surface area contributed by atoms with E-state index in [-0.39, 0.29) is 162 Å². The van der Waals surface area contributed by atoms with Gasteiger partial charge in [-0.15, -0.1) is 0 Å². The summed E-state index contributed by atoms with van der Waals surface area (Å²) < 4.78 is 44.4. The first-order valence-corrected chi connectivity index (χ1v) is 41.2. The number of aromatic amines is 4. The van der Waals surface area contributed by atoms with Crippen LogP contribution in [0, 0.1) is 73.0 Å². The largest absolute Gasteiger partial charge is 0.489 e. The molecule has 12 rings (SSSR count). The minimum atomic E-state index is -0.670. The molecule has 0 aromatic carbocycles. The molecule has 44 nitrogen and oxygen atoms in total. The van der Waals surface area contributed by atoms with E-state index in [1.54, 1.807) is 96.3 Å². The van der Waals surface area contributed by atoms with E-state index in [4.69, 9.17) is 58.9 Å². The molecule has 12 heterocycles. The van der Waals surface area contributed by atoms with Gasteiger partial charge in [0.2, 0.25) is 23.6 Å². The Morgan fingerprint density at radius 1 is 0.344 bits per heavy atom. The molecule has 44 heteroatoms. The van der Waals surface area contributed by atoms with E-state index < -0.39 is 24.4 Å². The number of H-pyrrole nitrogens is 4. The number of piperazine rings is 4. The van der Waals surface area contributed by atoms with Gasteiger partial charge in [-0.05, 0) is 76.2 Å². The first-order valence-electron chi connectivity index (χ1n) is 41.2. The molecule has 128 heavy (non-hydrogen) atoms. The van der Waals surface area contributed by atoms with Crippen LogP contribution in [0.4, 0.5) is 23.3 Å². The Morgan fingerprint density at radius 3 is 0.820 bits per heavy atom. The fraction of sp³-hybridized carbons (Fsp3) is 0.476. The highest BCUT2D eigenvalue weighted by Crippen LogP contribution is 2.22. The van der Waals surface area contributed by atoms with Crippen molar-refractivity contribution in [1.82, 2.24) is 80.3 Å². The molecule has 0 spiro atoms. The summed E-state index contributed by atoms with van der Waals surface area (Å²) in [6, 6.07) is 22.3. The summed E-state index contributed by atoms with van der Waals surface area (Å²) in [6.07, 6.45) is 9.93. The molecular weight excluding hydrogens is 1670 g/mol. The molecule has 4 atom stereocenters. The molecule has 4 amide bonds. The van der Waals surface area contributed by atoms with Gasteiger partial charge in [0, 0.05) is 130 Å².